The van der Waals surface area contributed by atoms with Crippen LogP contribution in [0.25, 0.3) is 16.7 Å². The maximum atomic E-state index is 15.0. The molecule has 3 aromatic carbocycles. The number of hydrogen-bond donors (Lipinski definition) is 1. The Bertz CT molecular complexity index is 1240. The fourth-order valence-electron chi connectivity index (χ4n) is 5.86. The number of carbonyl (C=O) groups excluding carboxylic acids is 1. The van der Waals surface area contributed by atoms with E-state index in [1.54, 1.807) is 6.07 Å². The van der Waals surface area contributed by atoms with E-state index in [1.807, 2.05) is 53.4 Å². The third-order valence-electron chi connectivity index (χ3n) is 7.49. The van der Waals surface area contributed by atoms with Crippen LogP contribution in [0, 0.1) is 5.82 Å². The van der Waals surface area contributed by atoms with E-state index in [4.69, 9.17) is 0 Å². The highest BCUT2D eigenvalue weighted by Crippen LogP contribution is 2.40. The summed E-state index contributed by atoms with van der Waals surface area (Å²) in [6.45, 7) is 0. The van der Waals surface area contributed by atoms with Crippen LogP contribution in [0.3, 0.4) is 0 Å². The van der Waals surface area contributed by atoms with Crippen molar-refractivity contribution in [2.75, 3.05) is 0 Å². The van der Waals surface area contributed by atoms with Crippen molar-refractivity contribution < 1.29 is 9.18 Å². The quantitative estimate of drug-likeness (QED) is 0.497. The first kappa shape index (κ1) is 20.2. The van der Waals surface area contributed by atoms with Gasteiger partial charge in [-0.05, 0) is 66.0 Å². The molecule has 2 heterocycles. The fourth-order valence-corrected chi connectivity index (χ4v) is 5.86. The van der Waals surface area contributed by atoms with E-state index in [1.165, 1.54) is 11.1 Å². The van der Waals surface area contributed by atoms with Crippen molar-refractivity contribution in [3.8, 4) is 11.1 Å². The van der Waals surface area contributed by atoms with Crippen LogP contribution in [0.2, 0.25) is 0 Å². The van der Waals surface area contributed by atoms with E-state index in [0.29, 0.717) is 5.56 Å². The van der Waals surface area contributed by atoms with Crippen LogP contribution in [0.15, 0.2) is 78.9 Å². The predicted molar refractivity (Wildman–Crippen MR) is 129 cm³/mol. The molecule has 33 heavy (non-hydrogen) atoms. The number of aryl methyl sites for hydroxylation is 1. The van der Waals surface area contributed by atoms with Gasteiger partial charge in [-0.15, -0.1) is 0 Å². The number of benzene rings is 3. The zero-order chi connectivity index (χ0) is 22.4. The summed E-state index contributed by atoms with van der Waals surface area (Å²) in [5, 5.41) is 3.29. The first-order valence-electron chi connectivity index (χ1n) is 11.9. The van der Waals surface area contributed by atoms with Crippen molar-refractivity contribution in [1.29, 1.82) is 0 Å². The van der Waals surface area contributed by atoms with Gasteiger partial charge in [-0.3, -0.25) is 0 Å². The molecule has 0 aromatic heterocycles. The van der Waals surface area contributed by atoms with E-state index in [0.717, 1.165) is 48.8 Å². The van der Waals surface area contributed by atoms with Crippen molar-refractivity contribution >= 4 is 11.6 Å². The Morgan fingerprint density at radius 2 is 1.73 bits per heavy atom. The average Bonchev–Trinajstić information content (AvgIpc) is 3.37. The number of nitrogens with zero attached hydrogens (tertiary/aromatic N) is 1. The van der Waals surface area contributed by atoms with Gasteiger partial charge in [0.05, 0.1) is 12.1 Å². The number of carbonyl (C=O) groups is 1. The van der Waals surface area contributed by atoms with Gasteiger partial charge in [0.25, 0.3) is 0 Å². The Morgan fingerprint density at radius 3 is 2.55 bits per heavy atom. The Balaban J connectivity index is 1.20. The SMILES string of the molecule is O=C(NC1CCc2ccccc21)N1C2C=C(c3ccc(-c4ccccc4)c(F)c3)CC1CC2. The number of urea groups is 1. The number of amides is 2. The first-order valence-corrected chi connectivity index (χ1v) is 11.9. The van der Waals surface area contributed by atoms with Crippen LogP contribution in [0.5, 0.6) is 0 Å². The molecule has 3 unspecified atom stereocenters. The third-order valence-corrected chi connectivity index (χ3v) is 7.49. The average molecular weight is 439 g/mol. The van der Waals surface area contributed by atoms with Gasteiger partial charge < -0.3 is 10.2 Å². The largest absolute Gasteiger partial charge is 0.331 e. The minimum absolute atomic E-state index is 0.0325. The minimum Gasteiger partial charge on any atom is -0.331 e. The molecule has 6 rings (SSSR count). The van der Waals surface area contributed by atoms with Crippen molar-refractivity contribution in [2.24, 2.45) is 0 Å². The number of fused-ring (bicyclic) bond motifs is 3. The normalized spacial score (nSPS) is 23.2. The van der Waals surface area contributed by atoms with Crippen LogP contribution >= 0.6 is 0 Å². The standard InChI is InChI=1S/C29H27FN2O/c30-27-18-21(10-14-25(27)19-6-2-1-3-7-19)22-16-23-12-13-24(17-22)32(23)29(33)31-28-15-11-20-8-4-5-9-26(20)28/h1-10,14,16,18,23-24,28H,11-13,15,17H2,(H,31,33). The summed E-state index contributed by atoms with van der Waals surface area (Å²) < 4.78 is 15.0. The summed E-state index contributed by atoms with van der Waals surface area (Å²) >= 11 is 0. The predicted octanol–water partition coefficient (Wildman–Crippen LogP) is 6.51. The number of rotatable bonds is 3. The molecule has 3 aliphatic rings. The van der Waals surface area contributed by atoms with Crippen LogP contribution in [-0.2, 0) is 6.42 Å². The van der Waals surface area contributed by atoms with Gasteiger partial charge in [0, 0.05) is 11.6 Å². The maximum absolute atomic E-state index is 15.0. The van der Waals surface area contributed by atoms with E-state index in [-0.39, 0.29) is 30.0 Å². The highest BCUT2D eigenvalue weighted by molar-refractivity contribution is 5.80. The highest BCUT2D eigenvalue weighted by atomic mass is 19.1. The summed E-state index contributed by atoms with van der Waals surface area (Å²) in [5.41, 5.74) is 6.17. The molecule has 1 fully saturated rings. The van der Waals surface area contributed by atoms with E-state index < -0.39 is 0 Å². The molecule has 166 valence electrons. The monoisotopic (exact) mass is 438 g/mol. The lowest BCUT2D eigenvalue weighted by atomic mass is 9.93. The molecule has 3 atom stereocenters. The fraction of sp³-hybridized carbons (Fsp3) is 0.276. The Labute approximate surface area is 193 Å². The zero-order valence-electron chi connectivity index (χ0n) is 18.5. The van der Waals surface area contributed by atoms with Crippen LogP contribution in [-0.4, -0.2) is 23.0 Å². The molecule has 2 bridgehead atoms. The summed E-state index contributed by atoms with van der Waals surface area (Å²) in [7, 11) is 0. The molecular weight excluding hydrogens is 411 g/mol. The lowest BCUT2D eigenvalue weighted by Crippen LogP contribution is -2.48. The number of hydrogen-bond acceptors (Lipinski definition) is 1. The maximum Gasteiger partial charge on any atom is 0.318 e. The molecule has 2 aliphatic heterocycles. The zero-order valence-corrected chi connectivity index (χ0v) is 18.5. The van der Waals surface area contributed by atoms with E-state index >= 15 is 0 Å². The Kier molecular flexibility index (Phi) is 5.01. The van der Waals surface area contributed by atoms with E-state index in [9.17, 15) is 9.18 Å². The van der Waals surface area contributed by atoms with Crippen molar-refractivity contribution in [1.82, 2.24) is 10.2 Å². The molecule has 0 spiro atoms. The number of halogens is 1. The van der Waals surface area contributed by atoms with Gasteiger partial charge in [-0.1, -0.05) is 72.8 Å². The summed E-state index contributed by atoms with van der Waals surface area (Å²) in [6, 6.07) is 24.0. The summed E-state index contributed by atoms with van der Waals surface area (Å²) in [6.07, 6.45) is 6.89. The van der Waals surface area contributed by atoms with Gasteiger partial charge >= 0.3 is 6.03 Å². The number of nitrogens with one attached hydrogen (secondary N) is 1. The second kappa shape index (κ2) is 8.18. The second-order valence-corrected chi connectivity index (χ2v) is 9.40. The second-order valence-electron chi connectivity index (χ2n) is 9.40. The molecule has 3 nitrogen and oxygen atoms in total. The summed E-state index contributed by atoms with van der Waals surface area (Å²) in [4.78, 5) is 15.3. The van der Waals surface area contributed by atoms with Crippen molar-refractivity contribution in [2.45, 2.75) is 50.2 Å². The highest BCUT2D eigenvalue weighted by Gasteiger charge is 2.40. The molecule has 1 saturated heterocycles. The van der Waals surface area contributed by atoms with Crippen LogP contribution in [0.1, 0.15) is 48.4 Å². The van der Waals surface area contributed by atoms with E-state index in [2.05, 4.69) is 29.6 Å². The molecule has 0 saturated carbocycles. The third kappa shape index (κ3) is 3.64. The molecule has 1 aliphatic carbocycles. The van der Waals surface area contributed by atoms with Crippen LogP contribution < -0.4 is 5.32 Å². The Morgan fingerprint density at radius 1 is 0.909 bits per heavy atom. The van der Waals surface area contributed by atoms with Gasteiger partial charge in [-0.2, -0.15) is 0 Å². The Hall–Kier alpha value is -3.40. The molecule has 4 heteroatoms. The van der Waals surface area contributed by atoms with Crippen molar-refractivity contribution in [3.63, 3.8) is 0 Å². The minimum atomic E-state index is -0.202. The lowest BCUT2D eigenvalue weighted by Gasteiger charge is -2.35. The van der Waals surface area contributed by atoms with Gasteiger partial charge in [-0.25, -0.2) is 9.18 Å². The lowest BCUT2D eigenvalue weighted by molar-refractivity contribution is 0.176. The first-order chi connectivity index (χ1) is 16.2. The summed E-state index contributed by atoms with van der Waals surface area (Å²) in [5.74, 6) is -0.202. The topological polar surface area (TPSA) is 32.3 Å². The molecular formula is C29H27FN2O. The van der Waals surface area contributed by atoms with Crippen molar-refractivity contribution in [3.05, 3.63) is 101 Å². The molecule has 3 aromatic rings. The van der Waals surface area contributed by atoms with Crippen LogP contribution in [0.4, 0.5) is 9.18 Å². The molecule has 1 N–H and O–H groups in total. The molecule has 2 amide bonds. The smallest absolute Gasteiger partial charge is 0.318 e. The van der Waals surface area contributed by atoms with Gasteiger partial charge in [0.1, 0.15) is 5.82 Å². The molecule has 0 radical (unpaired) electrons. The van der Waals surface area contributed by atoms with Gasteiger partial charge in [0.15, 0.2) is 0 Å². The van der Waals surface area contributed by atoms with Gasteiger partial charge in [0.2, 0.25) is 0 Å².